The third-order valence-electron chi connectivity index (χ3n) is 3.76. The van der Waals surface area contributed by atoms with E-state index in [4.69, 9.17) is 0 Å². The highest BCUT2D eigenvalue weighted by Crippen LogP contribution is 2.20. The molecule has 0 aliphatic rings. The van der Waals surface area contributed by atoms with Crippen LogP contribution in [0.25, 0.3) is 0 Å². The van der Waals surface area contributed by atoms with Crippen LogP contribution in [0, 0.1) is 12.7 Å². The van der Waals surface area contributed by atoms with Gasteiger partial charge in [-0.3, -0.25) is 4.98 Å². The van der Waals surface area contributed by atoms with Crippen LogP contribution in [-0.4, -0.2) is 11.5 Å². The van der Waals surface area contributed by atoms with Gasteiger partial charge >= 0.3 is 0 Å². The molecule has 3 heteroatoms. The van der Waals surface area contributed by atoms with E-state index in [0.717, 1.165) is 30.6 Å². The summed E-state index contributed by atoms with van der Waals surface area (Å²) >= 11 is 0. The molecular formula is C18H23FN2. The van der Waals surface area contributed by atoms with Gasteiger partial charge in [0.05, 0.1) is 0 Å². The quantitative estimate of drug-likeness (QED) is 0.868. The number of hydrogen-bond donors (Lipinski definition) is 1. The first-order chi connectivity index (χ1) is 10.1. The second-order valence-electron chi connectivity index (χ2n) is 5.33. The number of pyridine rings is 1. The lowest BCUT2D eigenvalue weighted by molar-refractivity contribution is 0.536. The van der Waals surface area contributed by atoms with Gasteiger partial charge in [-0.05, 0) is 48.7 Å². The normalized spacial score (nSPS) is 12.4. The summed E-state index contributed by atoms with van der Waals surface area (Å²) in [6, 6.07) is 9.72. The number of aryl methyl sites for hydroxylation is 2. The van der Waals surface area contributed by atoms with Gasteiger partial charge in [-0.1, -0.05) is 32.0 Å². The van der Waals surface area contributed by atoms with Crippen LogP contribution >= 0.6 is 0 Å². The topological polar surface area (TPSA) is 24.9 Å². The number of aromatic nitrogens is 1. The molecule has 2 aromatic rings. The van der Waals surface area contributed by atoms with Crippen LogP contribution in [0.2, 0.25) is 0 Å². The summed E-state index contributed by atoms with van der Waals surface area (Å²) in [6.07, 6.45) is 3.68. The standard InChI is InChI=1S/C18H23FN2/c1-4-14-7-9-16(21-12-14)11-18(20-5-2)15-8-6-13(3)17(19)10-15/h6-10,12,18,20H,4-5,11H2,1-3H3. The molecule has 2 rings (SSSR count). The first-order valence-electron chi connectivity index (χ1n) is 7.57. The zero-order chi connectivity index (χ0) is 15.2. The molecule has 1 N–H and O–H groups in total. The Labute approximate surface area is 126 Å². The summed E-state index contributed by atoms with van der Waals surface area (Å²) in [6.45, 7) is 6.80. The molecule has 0 spiro atoms. The Kier molecular flexibility index (Phi) is 5.45. The van der Waals surface area contributed by atoms with Crippen molar-refractivity contribution in [2.24, 2.45) is 0 Å². The van der Waals surface area contributed by atoms with Gasteiger partial charge in [-0.25, -0.2) is 4.39 Å². The minimum Gasteiger partial charge on any atom is -0.310 e. The summed E-state index contributed by atoms with van der Waals surface area (Å²) < 4.78 is 13.8. The average molecular weight is 286 g/mol. The Morgan fingerprint density at radius 1 is 1.19 bits per heavy atom. The molecule has 0 saturated heterocycles. The maximum atomic E-state index is 13.8. The second kappa shape index (κ2) is 7.32. The van der Waals surface area contributed by atoms with Crippen LogP contribution in [0.4, 0.5) is 4.39 Å². The summed E-state index contributed by atoms with van der Waals surface area (Å²) in [5, 5.41) is 3.42. The van der Waals surface area contributed by atoms with Crippen molar-refractivity contribution in [3.8, 4) is 0 Å². The Morgan fingerprint density at radius 3 is 2.57 bits per heavy atom. The number of nitrogens with zero attached hydrogens (tertiary/aromatic N) is 1. The minimum atomic E-state index is -0.148. The lowest BCUT2D eigenvalue weighted by Crippen LogP contribution is -2.23. The third-order valence-corrected chi connectivity index (χ3v) is 3.76. The van der Waals surface area contributed by atoms with E-state index in [1.165, 1.54) is 5.56 Å². The van der Waals surface area contributed by atoms with Crippen molar-refractivity contribution in [2.45, 2.75) is 39.7 Å². The molecule has 0 saturated carbocycles. The van der Waals surface area contributed by atoms with Crippen LogP contribution in [0.5, 0.6) is 0 Å². The summed E-state index contributed by atoms with van der Waals surface area (Å²) in [7, 11) is 0. The van der Waals surface area contributed by atoms with E-state index in [0.29, 0.717) is 5.56 Å². The molecule has 0 bridgehead atoms. The number of benzene rings is 1. The smallest absolute Gasteiger partial charge is 0.126 e. The van der Waals surface area contributed by atoms with Crippen molar-refractivity contribution in [1.29, 1.82) is 0 Å². The van der Waals surface area contributed by atoms with Crippen molar-refractivity contribution in [3.05, 3.63) is 64.7 Å². The fourth-order valence-corrected chi connectivity index (χ4v) is 2.37. The van der Waals surface area contributed by atoms with E-state index in [1.807, 2.05) is 18.3 Å². The van der Waals surface area contributed by atoms with E-state index in [2.05, 4.69) is 36.3 Å². The van der Waals surface area contributed by atoms with Crippen molar-refractivity contribution in [2.75, 3.05) is 6.54 Å². The lowest BCUT2D eigenvalue weighted by atomic mass is 9.99. The maximum Gasteiger partial charge on any atom is 0.126 e. The highest BCUT2D eigenvalue weighted by molar-refractivity contribution is 5.27. The zero-order valence-corrected chi connectivity index (χ0v) is 13.0. The Hall–Kier alpha value is -1.74. The predicted molar refractivity (Wildman–Crippen MR) is 84.9 cm³/mol. The molecule has 0 fully saturated rings. The molecule has 0 radical (unpaired) electrons. The van der Waals surface area contributed by atoms with Gasteiger partial charge in [0, 0.05) is 24.4 Å². The van der Waals surface area contributed by atoms with Gasteiger partial charge in [0.15, 0.2) is 0 Å². The summed E-state index contributed by atoms with van der Waals surface area (Å²) in [4.78, 5) is 4.50. The molecule has 0 aliphatic carbocycles. The van der Waals surface area contributed by atoms with Crippen LogP contribution in [0.15, 0.2) is 36.5 Å². The molecular weight excluding hydrogens is 263 g/mol. The zero-order valence-electron chi connectivity index (χ0n) is 13.0. The van der Waals surface area contributed by atoms with Gasteiger partial charge in [0.1, 0.15) is 5.82 Å². The first kappa shape index (κ1) is 15.6. The minimum absolute atomic E-state index is 0.0880. The highest BCUT2D eigenvalue weighted by atomic mass is 19.1. The van der Waals surface area contributed by atoms with E-state index in [1.54, 1.807) is 13.0 Å². The molecule has 1 atom stereocenters. The molecule has 1 unspecified atom stereocenters. The average Bonchev–Trinajstić information content (AvgIpc) is 2.50. The van der Waals surface area contributed by atoms with E-state index in [-0.39, 0.29) is 11.9 Å². The monoisotopic (exact) mass is 286 g/mol. The third kappa shape index (κ3) is 4.11. The molecule has 1 heterocycles. The molecule has 1 aromatic carbocycles. The molecule has 0 aliphatic heterocycles. The number of nitrogens with one attached hydrogen (secondary N) is 1. The van der Waals surface area contributed by atoms with E-state index in [9.17, 15) is 4.39 Å². The van der Waals surface area contributed by atoms with Crippen molar-refractivity contribution >= 4 is 0 Å². The van der Waals surface area contributed by atoms with Crippen LogP contribution in [0.3, 0.4) is 0 Å². The number of likely N-dealkylation sites (N-methyl/N-ethyl adjacent to an activating group) is 1. The van der Waals surface area contributed by atoms with Crippen LogP contribution in [0.1, 0.15) is 42.3 Å². The van der Waals surface area contributed by atoms with Gasteiger partial charge in [0.25, 0.3) is 0 Å². The molecule has 1 aromatic heterocycles. The summed E-state index contributed by atoms with van der Waals surface area (Å²) in [5.41, 5.74) is 3.92. The maximum absolute atomic E-state index is 13.8. The Bertz CT molecular complexity index is 578. The van der Waals surface area contributed by atoms with Gasteiger partial charge in [0.2, 0.25) is 0 Å². The van der Waals surface area contributed by atoms with Crippen molar-refractivity contribution < 1.29 is 4.39 Å². The van der Waals surface area contributed by atoms with E-state index < -0.39 is 0 Å². The number of hydrogen-bond acceptors (Lipinski definition) is 2. The Morgan fingerprint density at radius 2 is 2.00 bits per heavy atom. The second-order valence-corrected chi connectivity index (χ2v) is 5.33. The largest absolute Gasteiger partial charge is 0.310 e. The first-order valence-corrected chi connectivity index (χ1v) is 7.57. The van der Waals surface area contributed by atoms with Gasteiger partial charge in [-0.15, -0.1) is 0 Å². The molecule has 0 amide bonds. The lowest BCUT2D eigenvalue weighted by Gasteiger charge is -2.18. The van der Waals surface area contributed by atoms with Crippen molar-refractivity contribution in [1.82, 2.24) is 10.3 Å². The fourth-order valence-electron chi connectivity index (χ4n) is 2.37. The molecule has 2 nitrogen and oxygen atoms in total. The van der Waals surface area contributed by atoms with Gasteiger partial charge < -0.3 is 5.32 Å². The number of halogens is 1. The van der Waals surface area contributed by atoms with Crippen molar-refractivity contribution in [3.63, 3.8) is 0 Å². The van der Waals surface area contributed by atoms with Crippen LogP contribution < -0.4 is 5.32 Å². The predicted octanol–water partition coefficient (Wildman–Crippen LogP) is 3.98. The molecule has 112 valence electrons. The molecule has 21 heavy (non-hydrogen) atoms. The van der Waals surface area contributed by atoms with E-state index >= 15 is 0 Å². The SMILES string of the molecule is CCNC(Cc1ccc(CC)cn1)c1ccc(C)c(F)c1. The Balaban J connectivity index is 2.19. The highest BCUT2D eigenvalue weighted by Gasteiger charge is 2.13. The van der Waals surface area contributed by atoms with Crippen LogP contribution in [-0.2, 0) is 12.8 Å². The summed E-state index contributed by atoms with van der Waals surface area (Å²) in [5.74, 6) is -0.148. The number of rotatable bonds is 6. The fraction of sp³-hybridized carbons (Fsp3) is 0.389. The van der Waals surface area contributed by atoms with Gasteiger partial charge in [-0.2, -0.15) is 0 Å².